The van der Waals surface area contributed by atoms with Crippen LogP contribution < -0.4 is 20.5 Å². The Morgan fingerprint density at radius 1 is 1.06 bits per heavy atom. The number of likely N-dealkylation sites (N-methyl/N-ethyl adjacent to an activating group) is 1. The summed E-state index contributed by atoms with van der Waals surface area (Å²) in [4.78, 5) is 18.1. The van der Waals surface area contributed by atoms with Crippen molar-refractivity contribution in [1.29, 1.82) is 0 Å². The minimum atomic E-state index is 0. The molecule has 0 amide bonds. The second-order valence-corrected chi connectivity index (χ2v) is 9.51. The summed E-state index contributed by atoms with van der Waals surface area (Å²) < 4.78 is 12.7. The molecule has 0 saturated carbocycles. The molecule has 0 spiro atoms. The molecule has 186 valence electrons. The zero-order chi connectivity index (χ0) is 23.5. The Labute approximate surface area is 214 Å². The number of hydrogen-bond donors (Lipinski definition) is 2. The van der Waals surface area contributed by atoms with Gasteiger partial charge in [0.1, 0.15) is 12.1 Å². The summed E-state index contributed by atoms with van der Waals surface area (Å²) in [6, 6.07) is 9.78. The molecule has 4 aromatic rings. The molecule has 1 aliphatic rings. The van der Waals surface area contributed by atoms with E-state index in [4.69, 9.17) is 15.2 Å². The highest BCUT2D eigenvalue weighted by Crippen LogP contribution is 2.35. The van der Waals surface area contributed by atoms with Crippen LogP contribution in [0.25, 0.3) is 21.1 Å². The van der Waals surface area contributed by atoms with Crippen molar-refractivity contribution >= 4 is 61.5 Å². The predicted molar refractivity (Wildman–Crippen MR) is 145 cm³/mol. The van der Waals surface area contributed by atoms with Crippen LogP contribution >= 0.6 is 23.7 Å². The molecule has 2 aromatic heterocycles. The Morgan fingerprint density at radius 3 is 2.69 bits per heavy atom. The van der Waals surface area contributed by atoms with Gasteiger partial charge in [-0.05, 0) is 37.7 Å². The first-order valence-electron chi connectivity index (χ1n) is 11.4. The molecule has 35 heavy (non-hydrogen) atoms. The molecule has 9 nitrogen and oxygen atoms in total. The number of anilines is 3. The van der Waals surface area contributed by atoms with Crippen molar-refractivity contribution in [3.05, 3.63) is 36.7 Å². The van der Waals surface area contributed by atoms with E-state index in [1.165, 1.54) is 11.3 Å². The van der Waals surface area contributed by atoms with E-state index < -0.39 is 0 Å². The molecule has 3 N–H and O–H groups in total. The number of nitrogen functional groups attached to an aromatic ring is 1. The van der Waals surface area contributed by atoms with Gasteiger partial charge in [-0.25, -0.2) is 15.0 Å². The van der Waals surface area contributed by atoms with Crippen LogP contribution in [0, 0.1) is 0 Å². The van der Waals surface area contributed by atoms with Crippen molar-refractivity contribution in [3.63, 3.8) is 0 Å². The normalized spacial score (nSPS) is 14.7. The maximum absolute atomic E-state index is 6.10. The fraction of sp³-hybridized carbons (Fsp3) is 0.375. The quantitative estimate of drug-likeness (QED) is 0.337. The van der Waals surface area contributed by atoms with E-state index in [2.05, 4.69) is 37.1 Å². The highest BCUT2D eigenvalue weighted by atomic mass is 35.5. The van der Waals surface area contributed by atoms with Crippen LogP contribution in [-0.4, -0.2) is 78.2 Å². The van der Waals surface area contributed by atoms with Gasteiger partial charge in [0.25, 0.3) is 0 Å². The molecule has 1 saturated heterocycles. The third-order valence-corrected chi connectivity index (χ3v) is 6.91. The zero-order valence-electron chi connectivity index (χ0n) is 19.9. The lowest BCUT2D eigenvalue weighted by Crippen LogP contribution is -2.44. The number of thiazole rings is 1. The van der Waals surface area contributed by atoms with Crippen molar-refractivity contribution in [2.75, 3.05) is 64.5 Å². The third-order valence-electron chi connectivity index (χ3n) is 6.06. The molecule has 0 unspecified atom stereocenters. The van der Waals surface area contributed by atoms with Gasteiger partial charge in [-0.3, -0.25) is 0 Å². The molecule has 3 heterocycles. The van der Waals surface area contributed by atoms with Crippen molar-refractivity contribution in [1.82, 2.24) is 24.8 Å². The number of ether oxygens (including phenoxy) is 2. The van der Waals surface area contributed by atoms with E-state index in [0.29, 0.717) is 29.1 Å². The van der Waals surface area contributed by atoms with Gasteiger partial charge in [0.2, 0.25) is 0 Å². The molecular weight excluding hydrogens is 486 g/mol. The standard InChI is InChI=1S/C24H29N7O2S.ClH/c1-30-7-9-31(10-8-30)6-3-11-33-21-14-19-17(13-20(21)32-2)23(27-15-26-19)28-16-4-5-18-22(12-16)34-24(25)29-18;/h4-5,12-15H,3,6-11H2,1-2H3,(H2,25,29)(H,26,27,28);1H. The van der Waals surface area contributed by atoms with E-state index in [1.807, 2.05) is 30.3 Å². The Bertz CT molecular complexity index is 1290. The Morgan fingerprint density at radius 2 is 1.89 bits per heavy atom. The molecular formula is C24H30ClN7O2S. The number of nitrogens with zero attached hydrogens (tertiary/aromatic N) is 5. The number of nitrogens with two attached hydrogens (primary N) is 1. The van der Waals surface area contributed by atoms with E-state index in [9.17, 15) is 0 Å². The summed E-state index contributed by atoms with van der Waals surface area (Å²) in [5.74, 6) is 2.05. The van der Waals surface area contributed by atoms with Gasteiger partial charge in [-0.2, -0.15) is 0 Å². The van der Waals surface area contributed by atoms with Crippen molar-refractivity contribution in [2.45, 2.75) is 6.42 Å². The summed E-state index contributed by atoms with van der Waals surface area (Å²) in [5, 5.41) is 4.80. The van der Waals surface area contributed by atoms with Gasteiger partial charge in [-0.1, -0.05) is 11.3 Å². The highest BCUT2D eigenvalue weighted by molar-refractivity contribution is 7.22. The first kappa shape index (κ1) is 25.2. The smallest absolute Gasteiger partial charge is 0.181 e. The van der Waals surface area contributed by atoms with E-state index in [0.717, 1.165) is 66.0 Å². The number of methoxy groups -OCH3 is 1. The molecule has 0 bridgehead atoms. The molecule has 0 aliphatic carbocycles. The zero-order valence-corrected chi connectivity index (χ0v) is 21.5. The lowest BCUT2D eigenvalue weighted by Gasteiger charge is -2.32. The molecule has 0 radical (unpaired) electrons. The first-order chi connectivity index (χ1) is 16.6. The van der Waals surface area contributed by atoms with Crippen LogP contribution in [0.4, 0.5) is 16.6 Å². The number of hydrogen-bond acceptors (Lipinski definition) is 10. The number of fused-ring (bicyclic) bond motifs is 2. The summed E-state index contributed by atoms with van der Waals surface area (Å²) >= 11 is 1.46. The molecule has 1 aliphatic heterocycles. The molecule has 5 rings (SSSR count). The number of halogens is 1. The average molecular weight is 516 g/mol. The second-order valence-electron chi connectivity index (χ2n) is 8.45. The van der Waals surface area contributed by atoms with Crippen LogP contribution in [0.1, 0.15) is 6.42 Å². The Hall–Kier alpha value is -2.92. The Kier molecular flexibility index (Phi) is 8.07. The van der Waals surface area contributed by atoms with Crippen molar-refractivity contribution in [3.8, 4) is 11.5 Å². The third kappa shape index (κ3) is 5.84. The minimum absolute atomic E-state index is 0. The average Bonchev–Trinajstić information content (AvgIpc) is 3.22. The van der Waals surface area contributed by atoms with Crippen LogP contribution in [0.5, 0.6) is 11.5 Å². The van der Waals surface area contributed by atoms with Gasteiger partial charge in [0, 0.05) is 49.9 Å². The van der Waals surface area contributed by atoms with Gasteiger partial charge >= 0.3 is 0 Å². The number of piperazine rings is 1. The van der Waals surface area contributed by atoms with Crippen LogP contribution in [0.15, 0.2) is 36.7 Å². The Balaban J connectivity index is 0.00000289. The van der Waals surface area contributed by atoms with Gasteiger partial charge in [0.05, 0.1) is 29.5 Å². The topological polar surface area (TPSA) is 102 Å². The van der Waals surface area contributed by atoms with E-state index in [1.54, 1.807) is 13.4 Å². The fourth-order valence-electron chi connectivity index (χ4n) is 4.13. The number of aromatic nitrogens is 3. The highest BCUT2D eigenvalue weighted by Gasteiger charge is 2.15. The first-order valence-corrected chi connectivity index (χ1v) is 12.2. The number of rotatable bonds is 8. The summed E-state index contributed by atoms with van der Waals surface area (Å²) in [5.41, 5.74) is 8.41. The monoisotopic (exact) mass is 515 g/mol. The molecule has 2 aromatic carbocycles. The van der Waals surface area contributed by atoms with E-state index >= 15 is 0 Å². The molecule has 11 heteroatoms. The van der Waals surface area contributed by atoms with Crippen molar-refractivity contribution in [2.24, 2.45) is 0 Å². The lowest BCUT2D eigenvalue weighted by molar-refractivity contribution is 0.145. The summed E-state index contributed by atoms with van der Waals surface area (Å²) in [6.07, 6.45) is 2.52. The molecule has 1 fully saturated rings. The van der Waals surface area contributed by atoms with E-state index in [-0.39, 0.29) is 12.4 Å². The van der Waals surface area contributed by atoms with Gasteiger partial charge in [0.15, 0.2) is 16.6 Å². The second kappa shape index (κ2) is 11.2. The van der Waals surface area contributed by atoms with Crippen LogP contribution in [-0.2, 0) is 0 Å². The van der Waals surface area contributed by atoms with Crippen LogP contribution in [0.3, 0.4) is 0 Å². The summed E-state index contributed by atoms with van der Waals surface area (Å²) in [6.45, 7) is 6.15. The maximum atomic E-state index is 6.10. The predicted octanol–water partition coefficient (Wildman–Crippen LogP) is 4.01. The summed E-state index contributed by atoms with van der Waals surface area (Å²) in [7, 11) is 3.82. The maximum Gasteiger partial charge on any atom is 0.181 e. The largest absolute Gasteiger partial charge is 0.493 e. The van der Waals surface area contributed by atoms with Gasteiger partial charge < -0.3 is 30.3 Å². The fourth-order valence-corrected chi connectivity index (χ4v) is 4.91. The number of nitrogens with one attached hydrogen (secondary N) is 1. The van der Waals surface area contributed by atoms with Gasteiger partial charge in [-0.15, -0.1) is 12.4 Å². The van der Waals surface area contributed by atoms with Crippen LogP contribution in [0.2, 0.25) is 0 Å². The number of benzene rings is 2. The molecule has 0 atom stereocenters. The van der Waals surface area contributed by atoms with Crippen molar-refractivity contribution < 1.29 is 9.47 Å². The SMILES string of the molecule is COc1cc2c(Nc3ccc4nc(N)sc4c3)ncnc2cc1OCCCN1CCN(C)CC1.Cl. The minimum Gasteiger partial charge on any atom is -0.493 e. The lowest BCUT2D eigenvalue weighted by atomic mass is 10.2.